The molecule has 0 unspecified atom stereocenters. The molecule has 0 bridgehead atoms. The zero-order valence-corrected chi connectivity index (χ0v) is 17.0. The van der Waals surface area contributed by atoms with E-state index in [1.54, 1.807) is 19.2 Å². The lowest BCUT2D eigenvalue weighted by atomic mass is 10.1. The predicted molar refractivity (Wildman–Crippen MR) is 104 cm³/mol. The summed E-state index contributed by atoms with van der Waals surface area (Å²) >= 11 is 0. The summed E-state index contributed by atoms with van der Waals surface area (Å²) in [5.41, 5.74) is 0.788. The summed E-state index contributed by atoms with van der Waals surface area (Å²) in [5.74, 6) is 0.483. The molecule has 0 radical (unpaired) electrons. The number of nitrogens with one attached hydrogen (secondary N) is 2. The number of amides is 2. The highest BCUT2D eigenvalue weighted by molar-refractivity contribution is 6.10. The summed E-state index contributed by atoms with van der Waals surface area (Å²) in [6.07, 6.45) is 1.43. The number of methoxy groups -OCH3 is 3. The van der Waals surface area contributed by atoms with Crippen molar-refractivity contribution < 1.29 is 23.8 Å². The number of ether oxygens (including phenoxy) is 3. The van der Waals surface area contributed by atoms with Crippen LogP contribution in [0.15, 0.2) is 18.3 Å². The molecule has 0 spiro atoms. The molecule has 0 saturated carbocycles. The van der Waals surface area contributed by atoms with Crippen LogP contribution in [0.1, 0.15) is 34.7 Å². The molecule has 2 rings (SSSR count). The van der Waals surface area contributed by atoms with Crippen LogP contribution in [0.5, 0.6) is 17.2 Å². The van der Waals surface area contributed by atoms with Gasteiger partial charge in [0.15, 0.2) is 11.5 Å². The van der Waals surface area contributed by atoms with Crippen LogP contribution in [0.25, 0.3) is 0 Å². The Hall–Kier alpha value is -3.23. The molecule has 0 saturated heterocycles. The Bertz CT molecular complexity index is 860. The van der Waals surface area contributed by atoms with Gasteiger partial charge in [-0.3, -0.25) is 14.3 Å². The predicted octanol–water partition coefficient (Wildman–Crippen LogP) is 2.08. The van der Waals surface area contributed by atoms with Gasteiger partial charge in [0.2, 0.25) is 5.75 Å². The highest BCUT2D eigenvalue weighted by Crippen LogP contribution is 2.40. The summed E-state index contributed by atoms with van der Waals surface area (Å²) in [6.45, 7) is 4.51. The molecule has 0 atom stereocenters. The Balaban J connectivity index is 2.33. The van der Waals surface area contributed by atoms with E-state index in [0.29, 0.717) is 29.6 Å². The first kappa shape index (κ1) is 21.1. The first-order valence-electron chi connectivity index (χ1n) is 8.74. The molecule has 2 N–H and O–H groups in total. The van der Waals surface area contributed by atoms with Crippen molar-refractivity contribution in [3.05, 3.63) is 29.6 Å². The van der Waals surface area contributed by atoms with E-state index in [4.69, 9.17) is 14.2 Å². The summed E-state index contributed by atoms with van der Waals surface area (Å²) in [7, 11) is 6.02. The number of aryl methyl sites for hydroxylation is 1. The maximum Gasteiger partial charge on any atom is 0.271 e. The number of carbonyl (C=O) groups excluding carboxylic acids is 2. The van der Waals surface area contributed by atoms with Crippen LogP contribution < -0.4 is 24.8 Å². The minimum atomic E-state index is -0.469. The van der Waals surface area contributed by atoms with E-state index < -0.39 is 5.91 Å². The van der Waals surface area contributed by atoms with Gasteiger partial charge in [-0.15, -0.1) is 0 Å². The van der Waals surface area contributed by atoms with Crippen LogP contribution in [0.2, 0.25) is 0 Å². The second-order valence-corrected chi connectivity index (χ2v) is 6.47. The van der Waals surface area contributed by atoms with Gasteiger partial charge in [-0.1, -0.05) is 13.8 Å². The van der Waals surface area contributed by atoms with Crippen molar-refractivity contribution in [3.63, 3.8) is 0 Å². The van der Waals surface area contributed by atoms with Gasteiger partial charge in [-0.2, -0.15) is 5.10 Å². The third-order valence-corrected chi connectivity index (χ3v) is 4.02. The molecule has 152 valence electrons. The van der Waals surface area contributed by atoms with Gasteiger partial charge >= 0.3 is 0 Å². The lowest BCUT2D eigenvalue weighted by molar-refractivity contribution is 0.0940. The molecular formula is C19H26N4O5. The first-order chi connectivity index (χ1) is 13.3. The normalized spacial score (nSPS) is 10.5. The van der Waals surface area contributed by atoms with Crippen LogP contribution >= 0.6 is 0 Å². The number of nitrogens with zero attached hydrogens (tertiary/aromatic N) is 2. The van der Waals surface area contributed by atoms with Crippen molar-refractivity contribution in [2.24, 2.45) is 13.0 Å². The highest BCUT2D eigenvalue weighted by atomic mass is 16.5. The maximum atomic E-state index is 12.9. The van der Waals surface area contributed by atoms with E-state index in [1.165, 1.54) is 32.2 Å². The number of benzene rings is 1. The number of carbonyl (C=O) groups is 2. The molecule has 2 aromatic rings. The van der Waals surface area contributed by atoms with Gasteiger partial charge in [0.05, 0.1) is 38.8 Å². The monoisotopic (exact) mass is 390 g/mol. The second kappa shape index (κ2) is 9.12. The van der Waals surface area contributed by atoms with Gasteiger partial charge in [-0.05, 0) is 18.1 Å². The summed E-state index contributed by atoms with van der Waals surface area (Å²) in [5, 5.41) is 9.62. The Labute approximate surface area is 164 Å². The molecule has 0 fully saturated rings. The average molecular weight is 390 g/mol. The van der Waals surface area contributed by atoms with Crippen molar-refractivity contribution in [1.29, 1.82) is 0 Å². The zero-order chi connectivity index (χ0) is 20.8. The van der Waals surface area contributed by atoms with Gasteiger partial charge in [0, 0.05) is 13.6 Å². The first-order valence-corrected chi connectivity index (χ1v) is 8.74. The molecule has 0 aliphatic carbocycles. The van der Waals surface area contributed by atoms with Gasteiger partial charge in [0.1, 0.15) is 5.69 Å². The fraction of sp³-hybridized carbons (Fsp3) is 0.421. The van der Waals surface area contributed by atoms with Crippen LogP contribution in [0, 0.1) is 5.92 Å². The third-order valence-electron chi connectivity index (χ3n) is 4.02. The molecule has 0 aliphatic rings. The third kappa shape index (κ3) is 4.36. The molecule has 2 amide bonds. The smallest absolute Gasteiger partial charge is 0.271 e. The fourth-order valence-electron chi connectivity index (χ4n) is 2.65. The maximum absolute atomic E-state index is 12.9. The van der Waals surface area contributed by atoms with Crippen molar-refractivity contribution >= 4 is 17.5 Å². The van der Waals surface area contributed by atoms with Crippen LogP contribution in [-0.4, -0.2) is 49.5 Å². The van der Waals surface area contributed by atoms with Crippen molar-refractivity contribution in [3.8, 4) is 17.2 Å². The molecule has 1 aromatic heterocycles. The second-order valence-electron chi connectivity index (χ2n) is 6.47. The summed E-state index contributed by atoms with van der Waals surface area (Å²) in [4.78, 5) is 25.3. The minimum Gasteiger partial charge on any atom is -0.493 e. The fourth-order valence-corrected chi connectivity index (χ4v) is 2.65. The SMILES string of the molecule is COc1ccc(C(=O)Nc2cnn(C)c2C(=O)NCC(C)C)c(OC)c1OC. The molecule has 1 heterocycles. The minimum absolute atomic E-state index is 0.231. The van der Waals surface area contributed by atoms with E-state index in [-0.39, 0.29) is 22.9 Å². The van der Waals surface area contributed by atoms with Gasteiger partial charge < -0.3 is 24.8 Å². The zero-order valence-electron chi connectivity index (χ0n) is 17.0. The van der Waals surface area contributed by atoms with E-state index in [0.717, 1.165) is 0 Å². The van der Waals surface area contributed by atoms with Gasteiger partial charge in [-0.25, -0.2) is 0 Å². The quantitative estimate of drug-likeness (QED) is 0.715. The van der Waals surface area contributed by atoms with E-state index in [2.05, 4.69) is 15.7 Å². The summed E-state index contributed by atoms with van der Waals surface area (Å²) < 4.78 is 17.3. The highest BCUT2D eigenvalue weighted by Gasteiger charge is 2.24. The number of hydrogen-bond donors (Lipinski definition) is 2. The Kier molecular flexibility index (Phi) is 6.86. The molecule has 9 nitrogen and oxygen atoms in total. The molecule has 28 heavy (non-hydrogen) atoms. The molecule has 0 aliphatic heterocycles. The number of anilines is 1. The number of hydrogen-bond acceptors (Lipinski definition) is 6. The van der Waals surface area contributed by atoms with E-state index in [9.17, 15) is 9.59 Å². The Morgan fingerprint density at radius 1 is 1.07 bits per heavy atom. The Morgan fingerprint density at radius 3 is 2.32 bits per heavy atom. The molecule has 1 aromatic carbocycles. The van der Waals surface area contributed by atoms with E-state index >= 15 is 0 Å². The van der Waals surface area contributed by atoms with Crippen molar-refractivity contribution in [2.75, 3.05) is 33.2 Å². The topological polar surface area (TPSA) is 104 Å². The Morgan fingerprint density at radius 2 is 1.75 bits per heavy atom. The van der Waals surface area contributed by atoms with Crippen LogP contribution in [-0.2, 0) is 7.05 Å². The van der Waals surface area contributed by atoms with Crippen LogP contribution in [0.4, 0.5) is 5.69 Å². The summed E-state index contributed by atoms with van der Waals surface area (Å²) in [6, 6.07) is 3.17. The van der Waals surface area contributed by atoms with Crippen molar-refractivity contribution in [1.82, 2.24) is 15.1 Å². The number of rotatable bonds is 8. The van der Waals surface area contributed by atoms with Crippen molar-refractivity contribution in [2.45, 2.75) is 13.8 Å². The standard InChI is InChI=1S/C19H26N4O5/c1-11(2)9-20-19(25)15-13(10-21-23(15)3)22-18(24)12-7-8-14(26-4)17(28-6)16(12)27-5/h7-8,10-11H,9H2,1-6H3,(H,20,25)(H,22,24). The lowest BCUT2D eigenvalue weighted by Gasteiger charge is -2.15. The van der Waals surface area contributed by atoms with Crippen LogP contribution in [0.3, 0.4) is 0 Å². The largest absolute Gasteiger partial charge is 0.493 e. The molecule has 9 heteroatoms. The average Bonchev–Trinajstić information content (AvgIpc) is 3.04. The van der Waals surface area contributed by atoms with Gasteiger partial charge in [0.25, 0.3) is 11.8 Å². The molecular weight excluding hydrogens is 364 g/mol. The van der Waals surface area contributed by atoms with E-state index in [1.807, 2.05) is 13.8 Å². The lowest BCUT2D eigenvalue weighted by Crippen LogP contribution is -2.30. The number of aromatic nitrogens is 2.